The summed E-state index contributed by atoms with van der Waals surface area (Å²) >= 11 is 0. The van der Waals surface area contributed by atoms with Gasteiger partial charge >= 0.3 is 0 Å². The lowest BCUT2D eigenvalue weighted by Gasteiger charge is -2.37. The van der Waals surface area contributed by atoms with E-state index in [2.05, 4.69) is 35.1 Å². The van der Waals surface area contributed by atoms with Crippen LogP contribution in [0.15, 0.2) is 121 Å². The van der Waals surface area contributed by atoms with Crippen LogP contribution in [-0.2, 0) is 0 Å². The first-order valence-electron chi connectivity index (χ1n) is 23.2. The van der Waals surface area contributed by atoms with E-state index < -0.39 is 23.6 Å². The zero-order chi connectivity index (χ0) is 44.4. The van der Waals surface area contributed by atoms with Crippen LogP contribution in [0.1, 0.15) is 132 Å². The number of para-hydroxylation sites is 4. The van der Waals surface area contributed by atoms with E-state index in [1.54, 1.807) is 0 Å². The molecule has 0 radical (unpaired) electrons. The average molecular weight is 855 g/mol. The Labute approximate surface area is 376 Å². The molecule has 4 amide bonds. The molecule has 0 saturated carbocycles. The van der Waals surface area contributed by atoms with Crippen LogP contribution in [0.25, 0.3) is 10.8 Å². The van der Waals surface area contributed by atoms with Crippen molar-refractivity contribution in [3.05, 3.63) is 144 Å². The number of carbonyl (C=O) groups is 4. The van der Waals surface area contributed by atoms with Gasteiger partial charge in [-0.05, 0) is 61.4 Å². The number of amides is 4. The van der Waals surface area contributed by atoms with Crippen molar-refractivity contribution in [1.82, 2.24) is 9.80 Å². The molecule has 0 aliphatic carbocycles. The van der Waals surface area contributed by atoms with Gasteiger partial charge in [0.2, 0.25) is 0 Å². The summed E-state index contributed by atoms with van der Waals surface area (Å²) in [5, 5.41) is 14.8. The van der Waals surface area contributed by atoms with Crippen LogP contribution in [0.2, 0.25) is 0 Å². The number of nitrogens with zero attached hydrogens (tertiary/aromatic N) is 2. The molecule has 10 nitrogen and oxygen atoms in total. The topological polar surface area (TPSA) is 123 Å². The van der Waals surface area contributed by atoms with Crippen LogP contribution in [0.3, 0.4) is 0 Å². The fourth-order valence-corrected chi connectivity index (χ4v) is 9.00. The molecule has 0 atom stereocenters. The molecule has 0 saturated heterocycles. The normalized spacial score (nSPS) is 13.2. The number of anilines is 8. The van der Waals surface area contributed by atoms with Gasteiger partial charge in [-0.1, -0.05) is 151 Å². The molecule has 6 aromatic rings. The SMILES string of the molecule is CCCCCCCCN1C(=O)c2c(Nc3ccccc3)c(Nc3ccccc3)c3c4c(c(Nc5ccccc5)c(Nc5ccccc5)c(c24)C1=O)C(=O)N(CCCCCCCC)C3=O. The second kappa shape index (κ2) is 20.5. The molecule has 2 aliphatic rings. The molecule has 2 heterocycles. The van der Waals surface area contributed by atoms with Gasteiger partial charge in [0.1, 0.15) is 0 Å². The Balaban J connectivity index is 1.45. The molecule has 8 rings (SSSR count). The van der Waals surface area contributed by atoms with E-state index >= 15 is 19.2 Å². The average Bonchev–Trinajstić information content (AvgIpc) is 3.31. The van der Waals surface area contributed by atoms with E-state index in [9.17, 15) is 0 Å². The van der Waals surface area contributed by atoms with Crippen LogP contribution >= 0.6 is 0 Å². The Morgan fingerprint density at radius 2 is 0.562 bits per heavy atom. The van der Waals surface area contributed by atoms with Crippen molar-refractivity contribution >= 4 is 79.9 Å². The van der Waals surface area contributed by atoms with E-state index in [1.807, 2.05) is 121 Å². The molecule has 0 spiro atoms. The van der Waals surface area contributed by atoms with E-state index in [-0.39, 0.29) is 46.1 Å². The Morgan fingerprint density at radius 1 is 0.328 bits per heavy atom. The summed E-state index contributed by atoms with van der Waals surface area (Å²) < 4.78 is 0. The third-order valence-corrected chi connectivity index (χ3v) is 12.2. The van der Waals surface area contributed by atoms with Gasteiger partial charge < -0.3 is 21.3 Å². The van der Waals surface area contributed by atoms with Crippen molar-refractivity contribution in [2.75, 3.05) is 34.4 Å². The minimum absolute atomic E-state index is 0.205. The third-order valence-electron chi connectivity index (χ3n) is 12.2. The molecule has 6 aromatic carbocycles. The summed E-state index contributed by atoms with van der Waals surface area (Å²) in [6.45, 7) is 4.77. The van der Waals surface area contributed by atoms with Crippen molar-refractivity contribution in [3.63, 3.8) is 0 Å². The fourth-order valence-electron chi connectivity index (χ4n) is 9.00. The largest absolute Gasteiger partial charge is 0.353 e. The van der Waals surface area contributed by atoms with Crippen LogP contribution in [0.5, 0.6) is 0 Å². The first kappa shape index (κ1) is 43.7. The monoisotopic (exact) mass is 854 g/mol. The zero-order valence-corrected chi connectivity index (χ0v) is 37.0. The smallest absolute Gasteiger partial charge is 0.263 e. The highest BCUT2D eigenvalue weighted by Crippen LogP contribution is 2.53. The van der Waals surface area contributed by atoms with Crippen LogP contribution < -0.4 is 21.3 Å². The Kier molecular flexibility index (Phi) is 14.0. The van der Waals surface area contributed by atoms with Crippen molar-refractivity contribution in [2.24, 2.45) is 0 Å². The third kappa shape index (κ3) is 9.09. The number of imide groups is 2. The van der Waals surface area contributed by atoms with Gasteiger partial charge in [-0.3, -0.25) is 29.0 Å². The van der Waals surface area contributed by atoms with Crippen molar-refractivity contribution < 1.29 is 19.2 Å². The quantitative estimate of drug-likeness (QED) is 0.0393. The Hall–Kier alpha value is -6.94. The molecule has 10 heteroatoms. The van der Waals surface area contributed by atoms with E-state index in [0.717, 1.165) is 64.2 Å². The number of unbranched alkanes of at least 4 members (excludes halogenated alkanes) is 10. The predicted octanol–water partition coefficient (Wildman–Crippen LogP) is 13.7. The van der Waals surface area contributed by atoms with Gasteiger partial charge in [0.15, 0.2) is 0 Å². The van der Waals surface area contributed by atoms with Crippen molar-refractivity contribution in [2.45, 2.75) is 90.9 Å². The first-order chi connectivity index (χ1) is 31.4. The Bertz CT molecular complexity index is 2270. The maximum absolute atomic E-state index is 15.5. The first-order valence-corrected chi connectivity index (χ1v) is 23.2. The van der Waals surface area contributed by atoms with Gasteiger partial charge in [0.25, 0.3) is 23.6 Å². The molecule has 0 bridgehead atoms. The maximum atomic E-state index is 15.5. The highest BCUT2D eigenvalue weighted by molar-refractivity contribution is 6.40. The number of benzene rings is 6. The zero-order valence-electron chi connectivity index (χ0n) is 37.0. The number of carbonyl (C=O) groups excluding carboxylic acids is 4. The molecule has 328 valence electrons. The summed E-state index contributed by atoms with van der Waals surface area (Å²) in [4.78, 5) is 64.6. The molecule has 2 aliphatic heterocycles. The minimum atomic E-state index is -0.484. The van der Waals surface area contributed by atoms with Gasteiger partial charge in [-0.15, -0.1) is 0 Å². The summed E-state index contributed by atoms with van der Waals surface area (Å²) in [6, 6.07) is 38.1. The molecular formula is C54H58N6O4. The predicted molar refractivity (Wildman–Crippen MR) is 260 cm³/mol. The molecule has 4 N–H and O–H groups in total. The molecular weight excluding hydrogens is 797 g/mol. The lowest BCUT2D eigenvalue weighted by Crippen LogP contribution is -2.45. The molecule has 64 heavy (non-hydrogen) atoms. The highest BCUT2D eigenvalue weighted by atomic mass is 16.2. The van der Waals surface area contributed by atoms with Crippen LogP contribution in [0, 0.1) is 0 Å². The number of hydrogen-bond donors (Lipinski definition) is 4. The fraction of sp³-hybridized carbons (Fsp3) is 0.296. The minimum Gasteiger partial charge on any atom is -0.353 e. The standard InChI is InChI=1S/C54H58N6O4/c1-3-5-7-9-11-25-35-59-51(61)43-41-42-45(49(57-39-31-21-15-22-32-39)47(43)55-37-27-17-13-18-28-37)53(63)60(36-26-12-10-8-6-4-2)54(64)46(42)50(58-40-33-23-16-24-34-40)48(44(41)52(59)62)56-38-29-19-14-20-30-38/h13-24,27-34,55-58H,3-12,25-26,35-36H2,1-2H3. The molecule has 0 unspecified atom stereocenters. The van der Waals surface area contributed by atoms with Gasteiger partial charge in [-0.2, -0.15) is 0 Å². The maximum Gasteiger partial charge on any atom is 0.263 e. The van der Waals surface area contributed by atoms with Gasteiger partial charge in [-0.25, -0.2) is 0 Å². The second-order valence-electron chi connectivity index (χ2n) is 16.8. The van der Waals surface area contributed by atoms with E-state index in [4.69, 9.17) is 0 Å². The lowest BCUT2D eigenvalue weighted by atomic mass is 9.81. The van der Waals surface area contributed by atoms with Gasteiger partial charge in [0.05, 0.1) is 45.0 Å². The molecule has 0 aromatic heterocycles. The summed E-state index contributed by atoms with van der Waals surface area (Å²) in [5.41, 5.74) is 5.02. The second-order valence-corrected chi connectivity index (χ2v) is 16.8. The van der Waals surface area contributed by atoms with Crippen LogP contribution in [-0.4, -0.2) is 46.5 Å². The van der Waals surface area contributed by atoms with Crippen molar-refractivity contribution in [3.8, 4) is 0 Å². The van der Waals surface area contributed by atoms with E-state index in [0.29, 0.717) is 58.3 Å². The molecule has 0 fully saturated rings. The number of nitrogens with one attached hydrogen (secondary N) is 4. The van der Waals surface area contributed by atoms with Crippen molar-refractivity contribution in [1.29, 1.82) is 0 Å². The number of hydrogen-bond acceptors (Lipinski definition) is 8. The van der Waals surface area contributed by atoms with Crippen LogP contribution in [0.4, 0.5) is 45.5 Å². The van der Waals surface area contributed by atoms with Gasteiger partial charge in [0, 0.05) is 46.6 Å². The summed E-state index contributed by atoms with van der Waals surface area (Å²) in [6.07, 6.45) is 11.7. The van der Waals surface area contributed by atoms with E-state index in [1.165, 1.54) is 9.80 Å². The lowest BCUT2D eigenvalue weighted by molar-refractivity contribution is 0.0588. The summed E-state index contributed by atoms with van der Waals surface area (Å²) in [5.74, 6) is -1.94. The highest BCUT2D eigenvalue weighted by Gasteiger charge is 2.46. The Morgan fingerprint density at radius 3 is 0.812 bits per heavy atom. The summed E-state index contributed by atoms with van der Waals surface area (Å²) in [7, 11) is 0. The number of rotatable bonds is 22.